The second-order valence-electron chi connectivity index (χ2n) is 6.65. The van der Waals surface area contributed by atoms with Crippen LogP contribution in [0.25, 0.3) is 0 Å². The summed E-state index contributed by atoms with van der Waals surface area (Å²) >= 11 is 1.52. The van der Waals surface area contributed by atoms with E-state index in [9.17, 15) is 4.79 Å². The Bertz CT molecular complexity index is 776. The zero-order valence-corrected chi connectivity index (χ0v) is 16.3. The second kappa shape index (κ2) is 8.49. The first-order valence-electron chi connectivity index (χ1n) is 9.00. The van der Waals surface area contributed by atoms with Crippen molar-refractivity contribution in [3.63, 3.8) is 0 Å². The molecule has 0 bridgehead atoms. The molecular weight excluding hydrogens is 346 g/mol. The SMILES string of the molecule is CC(Sc1ccc2c(c1)OCCCO2)C(=O)Nc1ccccc1C(C)C. The Morgan fingerprint density at radius 3 is 2.54 bits per heavy atom. The van der Waals surface area contributed by atoms with Crippen LogP contribution in [0, 0.1) is 0 Å². The molecule has 1 heterocycles. The average Bonchev–Trinajstić information content (AvgIpc) is 2.86. The first kappa shape index (κ1) is 18.6. The van der Waals surface area contributed by atoms with E-state index < -0.39 is 0 Å². The number of benzene rings is 2. The number of thioether (sulfide) groups is 1. The lowest BCUT2D eigenvalue weighted by atomic mass is 10.0. The molecule has 1 N–H and O–H groups in total. The van der Waals surface area contributed by atoms with Gasteiger partial charge in [0.2, 0.25) is 5.91 Å². The molecule has 0 saturated heterocycles. The molecule has 0 fully saturated rings. The normalized spacial score (nSPS) is 14.6. The molecule has 3 rings (SSSR count). The third kappa shape index (κ3) is 4.52. The van der Waals surface area contributed by atoms with Crippen LogP contribution in [-0.4, -0.2) is 24.4 Å². The van der Waals surface area contributed by atoms with Crippen molar-refractivity contribution >= 4 is 23.4 Å². The number of nitrogens with one attached hydrogen (secondary N) is 1. The van der Waals surface area contributed by atoms with E-state index in [1.165, 1.54) is 11.8 Å². The zero-order chi connectivity index (χ0) is 18.5. The maximum atomic E-state index is 12.6. The van der Waals surface area contributed by atoms with E-state index in [0.29, 0.717) is 19.1 Å². The van der Waals surface area contributed by atoms with E-state index in [1.54, 1.807) is 0 Å². The van der Waals surface area contributed by atoms with E-state index in [-0.39, 0.29) is 11.2 Å². The molecular formula is C21H25NO3S. The van der Waals surface area contributed by atoms with Crippen LogP contribution in [0.2, 0.25) is 0 Å². The number of fused-ring (bicyclic) bond motifs is 1. The monoisotopic (exact) mass is 371 g/mol. The van der Waals surface area contributed by atoms with Crippen LogP contribution < -0.4 is 14.8 Å². The summed E-state index contributed by atoms with van der Waals surface area (Å²) in [7, 11) is 0. The number of carbonyl (C=O) groups is 1. The van der Waals surface area contributed by atoms with Crippen LogP contribution in [0.4, 0.5) is 5.69 Å². The second-order valence-corrected chi connectivity index (χ2v) is 8.06. The minimum Gasteiger partial charge on any atom is -0.490 e. The summed E-state index contributed by atoms with van der Waals surface area (Å²) in [6.07, 6.45) is 0.880. The Labute approximate surface area is 159 Å². The lowest BCUT2D eigenvalue weighted by Crippen LogP contribution is -2.23. The van der Waals surface area contributed by atoms with E-state index in [4.69, 9.17) is 9.47 Å². The fourth-order valence-corrected chi connectivity index (χ4v) is 3.72. The highest BCUT2D eigenvalue weighted by atomic mass is 32.2. The van der Waals surface area contributed by atoms with E-state index in [2.05, 4.69) is 25.2 Å². The number of anilines is 1. The molecule has 0 aliphatic carbocycles. The Balaban J connectivity index is 1.67. The molecule has 1 aliphatic rings. The van der Waals surface area contributed by atoms with Crippen LogP contribution in [0.3, 0.4) is 0 Å². The first-order chi connectivity index (χ1) is 12.5. The molecule has 0 aromatic heterocycles. The molecule has 26 heavy (non-hydrogen) atoms. The summed E-state index contributed by atoms with van der Waals surface area (Å²) in [5, 5.41) is 2.85. The van der Waals surface area contributed by atoms with E-state index in [0.717, 1.165) is 34.1 Å². The lowest BCUT2D eigenvalue weighted by molar-refractivity contribution is -0.115. The van der Waals surface area contributed by atoms with Crippen LogP contribution >= 0.6 is 11.8 Å². The van der Waals surface area contributed by atoms with Crippen molar-refractivity contribution in [1.82, 2.24) is 0 Å². The maximum Gasteiger partial charge on any atom is 0.237 e. The Kier molecular flexibility index (Phi) is 6.09. The largest absolute Gasteiger partial charge is 0.490 e. The van der Waals surface area contributed by atoms with E-state index >= 15 is 0 Å². The number of hydrogen-bond donors (Lipinski definition) is 1. The maximum absolute atomic E-state index is 12.6. The van der Waals surface area contributed by atoms with Crippen LogP contribution in [0.1, 0.15) is 38.7 Å². The summed E-state index contributed by atoms with van der Waals surface area (Å²) < 4.78 is 11.4. The molecule has 0 saturated carbocycles. The summed E-state index contributed by atoms with van der Waals surface area (Å²) in [4.78, 5) is 13.6. The first-order valence-corrected chi connectivity index (χ1v) is 9.88. The molecule has 0 radical (unpaired) electrons. The third-order valence-corrected chi connectivity index (χ3v) is 5.34. The van der Waals surface area contributed by atoms with Gasteiger partial charge in [0.05, 0.1) is 18.5 Å². The molecule has 138 valence electrons. The van der Waals surface area contributed by atoms with Gasteiger partial charge in [-0.15, -0.1) is 11.8 Å². The number of para-hydroxylation sites is 1. The van der Waals surface area contributed by atoms with Gasteiger partial charge in [-0.2, -0.15) is 0 Å². The predicted molar refractivity (Wildman–Crippen MR) is 107 cm³/mol. The van der Waals surface area contributed by atoms with Gasteiger partial charge in [-0.05, 0) is 42.7 Å². The van der Waals surface area contributed by atoms with Crippen molar-refractivity contribution in [2.45, 2.75) is 43.3 Å². The quantitative estimate of drug-likeness (QED) is 0.744. The lowest BCUT2D eigenvalue weighted by Gasteiger charge is -2.17. The summed E-state index contributed by atoms with van der Waals surface area (Å²) in [5.41, 5.74) is 2.03. The average molecular weight is 372 g/mol. The highest BCUT2D eigenvalue weighted by Gasteiger charge is 2.18. The van der Waals surface area contributed by atoms with Crippen LogP contribution in [-0.2, 0) is 4.79 Å². The third-order valence-electron chi connectivity index (χ3n) is 4.24. The van der Waals surface area contributed by atoms with Crippen molar-refractivity contribution in [2.24, 2.45) is 0 Å². The van der Waals surface area contributed by atoms with E-state index in [1.807, 2.05) is 43.3 Å². The number of amides is 1. The molecule has 1 amide bonds. The minimum absolute atomic E-state index is 0.00443. The van der Waals surface area contributed by atoms with Crippen molar-refractivity contribution in [1.29, 1.82) is 0 Å². The summed E-state index contributed by atoms with van der Waals surface area (Å²) in [6.45, 7) is 7.50. The highest BCUT2D eigenvalue weighted by molar-refractivity contribution is 8.00. The van der Waals surface area contributed by atoms with Crippen molar-refractivity contribution in [3.8, 4) is 11.5 Å². The van der Waals surface area contributed by atoms with Gasteiger partial charge in [0.15, 0.2) is 11.5 Å². The van der Waals surface area contributed by atoms with Gasteiger partial charge in [-0.25, -0.2) is 0 Å². The highest BCUT2D eigenvalue weighted by Crippen LogP contribution is 2.35. The van der Waals surface area contributed by atoms with Gasteiger partial charge in [0, 0.05) is 17.0 Å². The number of rotatable bonds is 5. The molecule has 1 unspecified atom stereocenters. The molecule has 4 nitrogen and oxygen atoms in total. The molecule has 1 atom stereocenters. The fraction of sp³-hybridized carbons (Fsp3) is 0.381. The Morgan fingerprint density at radius 2 is 1.77 bits per heavy atom. The number of ether oxygens (including phenoxy) is 2. The van der Waals surface area contributed by atoms with Crippen molar-refractivity contribution in [2.75, 3.05) is 18.5 Å². The molecule has 2 aromatic carbocycles. The van der Waals surface area contributed by atoms with Crippen molar-refractivity contribution < 1.29 is 14.3 Å². The van der Waals surface area contributed by atoms with Gasteiger partial charge in [-0.3, -0.25) is 4.79 Å². The number of carbonyl (C=O) groups excluding carboxylic acids is 1. The molecule has 2 aromatic rings. The Hall–Kier alpha value is -2.14. The van der Waals surface area contributed by atoms with Crippen LogP contribution in [0.15, 0.2) is 47.4 Å². The smallest absolute Gasteiger partial charge is 0.237 e. The summed E-state index contributed by atoms with van der Waals surface area (Å²) in [6, 6.07) is 13.8. The zero-order valence-electron chi connectivity index (χ0n) is 15.5. The molecule has 0 spiro atoms. The summed E-state index contributed by atoms with van der Waals surface area (Å²) in [5.74, 6) is 1.88. The van der Waals surface area contributed by atoms with Gasteiger partial charge < -0.3 is 14.8 Å². The van der Waals surface area contributed by atoms with Crippen molar-refractivity contribution in [3.05, 3.63) is 48.0 Å². The topological polar surface area (TPSA) is 47.6 Å². The predicted octanol–water partition coefficient (Wildman–Crippen LogP) is 5.09. The molecule has 5 heteroatoms. The van der Waals surface area contributed by atoms with Gasteiger partial charge in [-0.1, -0.05) is 32.0 Å². The van der Waals surface area contributed by atoms with Gasteiger partial charge >= 0.3 is 0 Å². The van der Waals surface area contributed by atoms with Gasteiger partial charge in [0.25, 0.3) is 0 Å². The fourth-order valence-electron chi connectivity index (χ4n) is 2.82. The Morgan fingerprint density at radius 1 is 1.04 bits per heavy atom. The number of hydrogen-bond acceptors (Lipinski definition) is 4. The standard InChI is InChI=1S/C21H25NO3S/c1-14(2)17-7-4-5-8-18(17)22-21(23)15(3)26-16-9-10-19-20(13-16)25-12-6-11-24-19/h4-5,7-10,13-15H,6,11-12H2,1-3H3,(H,22,23). The van der Waals surface area contributed by atoms with Crippen LogP contribution in [0.5, 0.6) is 11.5 Å². The van der Waals surface area contributed by atoms with Gasteiger partial charge in [0.1, 0.15) is 0 Å². The minimum atomic E-state index is -0.222. The molecule has 1 aliphatic heterocycles.